The summed E-state index contributed by atoms with van der Waals surface area (Å²) in [5.74, 6) is 0.227. The lowest BCUT2D eigenvalue weighted by Gasteiger charge is -2.13. The minimum absolute atomic E-state index is 0.218. The number of para-hydroxylation sites is 1. The van der Waals surface area contributed by atoms with Crippen LogP contribution in [-0.2, 0) is 6.61 Å². The number of ether oxygens (including phenoxy) is 2. The van der Waals surface area contributed by atoms with Crippen molar-refractivity contribution < 1.29 is 19.4 Å². The zero-order valence-electron chi connectivity index (χ0n) is 15.6. The van der Waals surface area contributed by atoms with Crippen LogP contribution in [0.1, 0.15) is 21.5 Å². The summed E-state index contributed by atoms with van der Waals surface area (Å²) in [7, 11) is 1.59. The number of anilines is 1. The highest BCUT2D eigenvalue weighted by Gasteiger charge is 2.10. The van der Waals surface area contributed by atoms with E-state index in [-0.39, 0.29) is 5.56 Å². The molecule has 0 spiro atoms. The number of carboxylic acid groups (broad SMARTS) is 1. The molecule has 0 amide bonds. The molecule has 6 nitrogen and oxygen atoms in total. The number of carboxylic acids is 1. The van der Waals surface area contributed by atoms with Gasteiger partial charge in [0.1, 0.15) is 6.61 Å². The molecule has 2 N–H and O–H groups in total. The van der Waals surface area contributed by atoms with E-state index in [1.54, 1.807) is 25.5 Å². The van der Waals surface area contributed by atoms with Crippen molar-refractivity contribution in [1.29, 1.82) is 0 Å². The Morgan fingerprint density at radius 1 is 1.10 bits per heavy atom. The van der Waals surface area contributed by atoms with Gasteiger partial charge in [-0.25, -0.2) is 4.79 Å². The minimum atomic E-state index is -0.969. The third kappa shape index (κ3) is 5.58. The topological polar surface area (TPSA) is 80.2 Å². The fourth-order valence-electron chi connectivity index (χ4n) is 2.55. The molecule has 0 saturated heterocycles. The summed E-state index contributed by atoms with van der Waals surface area (Å²) >= 11 is 3.42. The first kappa shape index (κ1) is 20.4. The fraction of sp³-hybridized carbons (Fsp3) is 0.0909. The van der Waals surface area contributed by atoms with Crippen LogP contribution in [0.5, 0.6) is 11.5 Å². The van der Waals surface area contributed by atoms with Crippen LogP contribution in [0.15, 0.2) is 76.3 Å². The minimum Gasteiger partial charge on any atom is -0.493 e. The molecule has 3 aromatic carbocycles. The second-order valence-corrected chi connectivity index (χ2v) is 6.96. The number of nitrogens with zero attached hydrogens (tertiary/aromatic N) is 1. The van der Waals surface area contributed by atoms with Gasteiger partial charge in [0, 0.05) is 10.0 Å². The predicted octanol–water partition coefficient (Wildman–Crippen LogP) is 5.18. The van der Waals surface area contributed by atoms with E-state index >= 15 is 0 Å². The zero-order chi connectivity index (χ0) is 20.6. The van der Waals surface area contributed by atoms with Gasteiger partial charge >= 0.3 is 5.97 Å². The lowest BCUT2D eigenvalue weighted by Crippen LogP contribution is -2.01. The second kappa shape index (κ2) is 9.75. The first-order valence-corrected chi connectivity index (χ1v) is 9.53. The van der Waals surface area contributed by atoms with E-state index in [1.807, 2.05) is 42.5 Å². The number of hydrazone groups is 1. The average Bonchev–Trinajstić information content (AvgIpc) is 2.74. The number of carbonyl (C=O) groups is 1. The Kier molecular flexibility index (Phi) is 6.86. The van der Waals surface area contributed by atoms with Crippen molar-refractivity contribution in [3.05, 3.63) is 87.9 Å². The molecule has 0 saturated carbocycles. The Morgan fingerprint density at radius 2 is 1.83 bits per heavy atom. The van der Waals surface area contributed by atoms with Gasteiger partial charge in [0.05, 0.1) is 24.6 Å². The van der Waals surface area contributed by atoms with Gasteiger partial charge in [0.15, 0.2) is 11.5 Å². The van der Waals surface area contributed by atoms with Crippen LogP contribution >= 0.6 is 15.9 Å². The molecule has 3 aromatic rings. The van der Waals surface area contributed by atoms with E-state index in [4.69, 9.17) is 14.6 Å². The van der Waals surface area contributed by atoms with Crippen LogP contribution in [0.3, 0.4) is 0 Å². The molecule has 0 aliphatic rings. The molecule has 0 aliphatic carbocycles. The van der Waals surface area contributed by atoms with Crippen molar-refractivity contribution in [2.75, 3.05) is 12.5 Å². The molecule has 0 heterocycles. The van der Waals surface area contributed by atoms with E-state index in [0.717, 1.165) is 15.6 Å². The SMILES string of the molecule is COc1cccc(C=NNc2ccc(C(=O)O)cc2)c1OCc1ccc(Br)cc1. The Bertz CT molecular complexity index is 1000. The van der Waals surface area contributed by atoms with Crippen molar-refractivity contribution in [3.63, 3.8) is 0 Å². The number of aromatic carboxylic acids is 1. The van der Waals surface area contributed by atoms with Crippen LogP contribution < -0.4 is 14.9 Å². The van der Waals surface area contributed by atoms with Crippen LogP contribution in [0, 0.1) is 0 Å². The summed E-state index contributed by atoms with van der Waals surface area (Å²) in [4.78, 5) is 10.9. The maximum Gasteiger partial charge on any atom is 0.335 e. The van der Waals surface area contributed by atoms with Crippen LogP contribution in [-0.4, -0.2) is 24.4 Å². The van der Waals surface area contributed by atoms with Gasteiger partial charge in [-0.05, 0) is 54.1 Å². The van der Waals surface area contributed by atoms with Crippen molar-refractivity contribution in [3.8, 4) is 11.5 Å². The third-order valence-electron chi connectivity index (χ3n) is 4.05. The molecule has 0 fully saturated rings. The summed E-state index contributed by atoms with van der Waals surface area (Å²) in [6.45, 7) is 0.387. The number of hydrogen-bond donors (Lipinski definition) is 2. The van der Waals surface area contributed by atoms with E-state index < -0.39 is 5.97 Å². The molecule has 0 aliphatic heterocycles. The maximum atomic E-state index is 10.9. The number of methoxy groups -OCH3 is 1. The molecule has 7 heteroatoms. The van der Waals surface area contributed by atoms with Crippen molar-refractivity contribution in [2.24, 2.45) is 5.10 Å². The Labute approximate surface area is 176 Å². The molecule has 3 rings (SSSR count). The highest BCUT2D eigenvalue weighted by molar-refractivity contribution is 9.10. The Balaban J connectivity index is 1.73. The summed E-state index contributed by atoms with van der Waals surface area (Å²) in [6, 6.07) is 19.8. The molecule has 29 heavy (non-hydrogen) atoms. The smallest absolute Gasteiger partial charge is 0.335 e. The number of halogens is 1. The monoisotopic (exact) mass is 454 g/mol. The van der Waals surface area contributed by atoms with Gasteiger partial charge < -0.3 is 14.6 Å². The van der Waals surface area contributed by atoms with E-state index in [0.29, 0.717) is 23.8 Å². The number of hydrogen-bond acceptors (Lipinski definition) is 5. The Hall–Kier alpha value is -3.32. The van der Waals surface area contributed by atoms with E-state index in [2.05, 4.69) is 26.5 Å². The van der Waals surface area contributed by atoms with Crippen molar-refractivity contribution in [1.82, 2.24) is 0 Å². The Morgan fingerprint density at radius 3 is 2.48 bits per heavy atom. The van der Waals surface area contributed by atoms with Gasteiger partial charge in [-0.1, -0.05) is 34.1 Å². The molecular weight excluding hydrogens is 436 g/mol. The van der Waals surface area contributed by atoms with Crippen molar-refractivity contribution >= 4 is 33.8 Å². The fourth-order valence-corrected chi connectivity index (χ4v) is 2.81. The first-order valence-electron chi connectivity index (χ1n) is 8.73. The zero-order valence-corrected chi connectivity index (χ0v) is 17.2. The standard InChI is InChI=1S/C22H19BrN2O4/c1-28-20-4-2-3-17(21(20)29-14-15-5-9-18(23)10-6-15)13-24-25-19-11-7-16(8-12-19)22(26)27/h2-13,25H,14H2,1H3,(H,26,27). The lowest BCUT2D eigenvalue weighted by molar-refractivity contribution is 0.0697. The molecule has 0 unspecified atom stereocenters. The van der Waals surface area contributed by atoms with Crippen LogP contribution in [0.4, 0.5) is 5.69 Å². The highest BCUT2D eigenvalue weighted by atomic mass is 79.9. The van der Waals surface area contributed by atoms with Gasteiger partial charge in [-0.2, -0.15) is 5.10 Å². The van der Waals surface area contributed by atoms with Gasteiger partial charge in [-0.15, -0.1) is 0 Å². The normalized spacial score (nSPS) is 10.7. The highest BCUT2D eigenvalue weighted by Crippen LogP contribution is 2.31. The average molecular weight is 455 g/mol. The first-order chi connectivity index (χ1) is 14.1. The van der Waals surface area contributed by atoms with E-state index in [1.165, 1.54) is 12.1 Å². The quantitative estimate of drug-likeness (QED) is 0.362. The summed E-state index contributed by atoms with van der Waals surface area (Å²) in [5, 5.41) is 13.2. The van der Waals surface area contributed by atoms with E-state index in [9.17, 15) is 4.79 Å². The number of rotatable bonds is 8. The molecule has 0 aromatic heterocycles. The second-order valence-electron chi connectivity index (χ2n) is 6.05. The summed E-state index contributed by atoms with van der Waals surface area (Å²) < 4.78 is 12.4. The molecule has 148 valence electrons. The number of benzene rings is 3. The maximum absolute atomic E-state index is 10.9. The lowest BCUT2D eigenvalue weighted by atomic mass is 10.2. The molecule has 0 atom stereocenters. The molecule has 0 radical (unpaired) electrons. The molecular formula is C22H19BrN2O4. The van der Waals surface area contributed by atoms with Gasteiger partial charge in [0.2, 0.25) is 0 Å². The third-order valence-corrected chi connectivity index (χ3v) is 4.58. The largest absolute Gasteiger partial charge is 0.493 e. The summed E-state index contributed by atoms with van der Waals surface area (Å²) in [5.41, 5.74) is 5.54. The van der Waals surface area contributed by atoms with Crippen molar-refractivity contribution in [2.45, 2.75) is 6.61 Å². The van der Waals surface area contributed by atoms with Crippen LogP contribution in [0.25, 0.3) is 0 Å². The number of nitrogens with one attached hydrogen (secondary N) is 1. The summed E-state index contributed by atoms with van der Waals surface area (Å²) in [6.07, 6.45) is 1.63. The predicted molar refractivity (Wildman–Crippen MR) is 116 cm³/mol. The van der Waals surface area contributed by atoms with Crippen LogP contribution in [0.2, 0.25) is 0 Å². The van der Waals surface area contributed by atoms with Gasteiger partial charge in [-0.3, -0.25) is 5.43 Å². The molecule has 0 bridgehead atoms. The van der Waals surface area contributed by atoms with Gasteiger partial charge in [0.25, 0.3) is 0 Å².